The molecule has 0 N–H and O–H groups in total. The quantitative estimate of drug-likeness (QED) is 0.513. The van der Waals surface area contributed by atoms with Gasteiger partial charge in [0.25, 0.3) is 11.8 Å². The van der Waals surface area contributed by atoms with Crippen LogP contribution in [0.4, 0.5) is 0 Å². The summed E-state index contributed by atoms with van der Waals surface area (Å²) in [6, 6.07) is -0.787. The zero-order valence-corrected chi connectivity index (χ0v) is 10.1. The van der Waals surface area contributed by atoms with E-state index in [0.717, 1.165) is 17.7 Å². The number of carbonyl (C=O) groups excluding carboxylic acids is 3. The largest absolute Gasteiger partial charge is 0.464 e. The molecule has 0 fully saturated rings. The van der Waals surface area contributed by atoms with Crippen LogP contribution in [0.15, 0.2) is 12.2 Å². The maximum atomic E-state index is 11.7. The molecule has 1 aliphatic heterocycles. The Morgan fingerprint density at radius 1 is 1.29 bits per heavy atom. The fraction of sp³-hybridized carbons (Fsp3) is 0.583. The van der Waals surface area contributed by atoms with E-state index in [4.69, 9.17) is 4.74 Å². The van der Waals surface area contributed by atoms with Crippen molar-refractivity contribution in [1.82, 2.24) is 4.90 Å². The van der Waals surface area contributed by atoms with Gasteiger partial charge in [-0.3, -0.25) is 14.5 Å². The molecule has 0 saturated carbocycles. The van der Waals surface area contributed by atoms with E-state index in [9.17, 15) is 14.4 Å². The number of carbonyl (C=O) groups is 3. The van der Waals surface area contributed by atoms with Gasteiger partial charge in [0.1, 0.15) is 6.04 Å². The van der Waals surface area contributed by atoms with Crippen LogP contribution in [0.5, 0.6) is 0 Å². The van der Waals surface area contributed by atoms with Crippen LogP contribution in [0.3, 0.4) is 0 Å². The smallest absolute Gasteiger partial charge is 0.329 e. The Morgan fingerprint density at radius 3 is 2.35 bits per heavy atom. The Kier molecular flexibility index (Phi) is 4.87. The van der Waals surface area contributed by atoms with Gasteiger partial charge in [0.2, 0.25) is 0 Å². The molecule has 17 heavy (non-hydrogen) atoms. The average molecular weight is 239 g/mol. The number of nitrogens with zero attached hydrogens (tertiary/aromatic N) is 1. The summed E-state index contributed by atoms with van der Waals surface area (Å²) in [5, 5.41) is 0. The molecular weight excluding hydrogens is 222 g/mol. The number of unbranched alkanes of at least 4 members (excludes halogenated alkanes) is 1. The van der Waals surface area contributed by atoms with Crippen LogP contribution in [-0.4, -0.2) is 35.3 Å². The number of esters is 1. The normalized spacial score (nSPS) is 16.5. The van der Waals surface area contributed by atoms with E-state index in [-0.39, 0.29) is 6.61 Å². The molecule has 1 atom stereocenters. The van der Waals surface area contributed by atoms with Crippen LogP contribution >= 0.6 is 0 Å². The molecule has 0 bridgehead atoms. The standard InChI is InChI=1S/C12H17NO4/c1-3-5-6-9(12(16)17-4-2)13-10(14)7-8-11(13)15/h7-9H,3-6H2,1-2H3. The van der Waals surface area contributed by atoms with Gasteiger partial charge in [-0.15, -0.1) is 0 Å². The monoisotopic (exact) mass is 239 g/mol. The number of rotatable bonds is 6. The molecule has 5 nitrogen and oxygen atoms in total. The van der Waals surface area contributed by atoms with E-state index in [2.05, 4.69) is 0 Å². The van der Waals surface area contributed by atoms with Crippen molar-refractivity contribution in [1.29, 1.82) is 0 Å². The summed E-state index contributed by atoms with van der Waals surface area (Å²) in [5.74, 6) is -1.39. The Labute approximate surface area is 100 Å². The molecule has 1 unspecified atom stereocenters. The predicted octanol–water partition coefficient (Wildman–Crippen LogP) is 1.03. The van der Waals surface area contributed by atoms with Crippen LogP contribution in [0.1, 0.15) is 33.1 Å². The van der Waals surface area contributed by atoms with E-state index < -0.39 is 23.8 Å². The second kappa shape index (κ2) is 6.18. The molecule has 0 radical (unpaired) electrons. The number of hydrogen-bond acceptors (Lipinski definition) is 4. The van der Waals surface area contributed by atoms with Crippen LogP contribution in [0, 0.1) is 0 Å². The second-order valence-electron chi connectivity index (χ2n) is 3.79. The summed E-state index contributed by atoms with van der Waals surface area (Å²) in [6.45, 7) is 3.92. The van der Waals surface area contributed by atoms with Crippen molar-refractivity contribution in [3.05, 3.63) is 12.2 Å². The Morgan fingerprint density at radius 2 is 1.88 bits per heavy atom. The van der Waals surface area contributed by atoms with Crippen molar-refractivity contribution in [2.45, 2.75) is 39.2 Å². The molecule has 94 valence electrons. The van der Waals surface area contributed by atoms with Crippen LogP contribution in [-0.2, 0) is 19.1 Å². The first kappa shape index (κ1) is 13.4. The third-order valence-corrected chi connectivity index (χ3v) is 2.54. The summed E-state index contributed by atoms with van der Waals surface area (Å²) in [7, 11) is 0. The highest BCUT2D eigenvalue weighted by Gasteiger charge is 2.36. The highest BCUT2D eigenvalue weighted by atomic mass is 16.5. The molecule has 2 amide bonds. The molecule has 1 heterocycles. The topological polar surface area (TPSA) is 63.7 Å². The number of amides is 2. The van der Waals surface area contributed by atoms with E-state index in [1.807, 2.05) is 6.92 Å². The number of hydrogen-bond donors (Lipinski definition) is 0. The minimum absolute atomic E-state index is 0.241. The van der Waals surface area contributed by atoms with Gasteiger partial charge in [0, 0.05) is 12.2 Å². The fourth-order valence-corrected chi connectivity index (χ4v) is 1.71. The van der Waals surface area contributed by atoms with Crippen molar-refractivity contribution < 1.29 is 19.1 Å². The molecule has 5 heteroatoms. The molecule has 1 rings (SSSR count). The summed E-state index contributed by atoms with van der Waals surface area (Å²) >= 11 is 0. The third-order valence-electron chi connectivity index (χ3n) is 2.54. The fourth-order valence-electron chi connectivity index (χ4n) is 1.71. The van der Waals surface area contributed by atoms with Gasteiger partial charge in [-0.1, -0.05) is 19.8 Å². The highest BCUT2D eigenvalue weighted by molar-refractivity contribution is 6.14. The van der Waals surface area contributed by atoms with E-state index in [1.165, 1.54) is 12.2 Å². The van der Waals surface area contributed by atoms with Crippen molar-refractivity contribution >= 4 is 17.8 Å². The zero-order valence-electron chi connectivity index (χ0n) is 10.1. The summed E-state index contributed by atoms with van der Waals surface area (Å²) in [6.07, 6.45) is 4.47. The SMILES string of the molecule is CCCCC(C(=O)OCC)N1C(=O)C=CC1=O. The van der Waals surface area contributed by atoms with Crippen molar-refractivity contribution in [2.24, 2.45) is 0 Å². The Hall–Kier alpha value is -1.65. The van der Waals surface area contributed by atoms with Gasteiger partial charge >= 0.3 is 5.97 Å². The molecule has 1 aliphatic rings. The zero-order chi connectivity index (χ0) is 12.8. The van der Waals surface area contributed by atoms with E-state index in [1.54, 1.807) is 6.92 Å². The molecule has 0 spiro atoms. The highest BCUT2D eigenvalue weighted by Crippen LogP contribution is 2.16. The molecule has 0 aliphatic carbocycles. The van der Waals surface area contributed by atoms with Crippen LogP contribution in [0.25, 0.3) is 0 Å². The Bertz CT molecular complexity index is 330. The molecule has 0 aromatic rings. The lowest BCUT2D eigenvalue weighted by Crippen LogP contribution is -2.45. The summed E-state index contributed by atoms with van der Waals surface area (Å²) in [4.78, 5) is 35.7. The minimum atomic E-state index is -0.787. The molecular formula is C12H17NO4. The third kappa shape index (κ3) is 3.15. The van der Waals surface area contributed by atoms with Gasteiger partial charge in [-0.25, -0.2) is 4.79 Å². The molecule has 0 saturated heterocycles. The van der Waals surface area contributed by atoms with E-state index in [0.29, 0.717) is 6.42 Å². The second-order valence-corrected chi connectivity index (χ2v) is 3.79. The summed E-state index contributed by atoms with van der Waals surface area (Å²) in [5.41, 5.74) is 0. The Balaban J connectivity index is 2.78. The van der Waals surface area contributed by atoms with E-state index >= 15 is 0 Å². The minimum Gasteiger partial charge on any atom is -0.464 e. The summed E-state index contributed by atoms with van der Waals surface area (Å²) < 4.78 is 4.90. The van der Waals surface area contributed by atoms with Crippen LogP contribution < -0.4 is 0 Å². The molecule has 0 aromatic heterocycles. The number of imide groups is 1. The maximum absolute atomic E-state index is 11.7. The van der Waals surface area contributed by atoms with Gasteiger partial charge < -0.3 is 4.74 Å². The first-order valence-electron chi connectivity index (χ1n) is 5.83. The first-order valence-corrected chi connectivity index (χ1v) is 5.83. The van der Waals surface area contributed by atoms with Gasteiger partial charge in [0.05, 0.1) is 6.61 Å². The number of ether oxygens (including phenoxy) is 1. The maximum Gasteiger partial charge on any atom is 0.329 e. The predicted molar refractivity (Wildman–Crippen MR) is 60.9 cm³/mol. The van der Waals surface area contributed by atoms with Crippen molar-refractivity contribution in [3.63, 3.8) is 0 Å². The van der Waals surface area contributed by atoms with Gasteiger partial charge in [0.15, 0.2) is 0 Å². The molecule has 0 aromatic carbocycles. The van der Waals surface area contributed by atoms with Crippen LogP contribution in [0.2, 0.25) is 0 Å². The lowest BCUT2D eigenvalue weighted by atomic mass is 10.1. The lowest BCUT2D eigenvalue weighted by Gasteiger charge is -2.24. The van der Waals surface area contributed by atoms with Crippen molar-refractivity contribution in [3.8, 4) is 0 Å². The first-order chi connectivity index (χ1) is 8.11. The lowest BCUT2D eigenvalue weighted by molar-refractivity contribution is -0.157. The average Bonchev–Trinajstić information content (AvgIpc) is 2.61. The van der Waals surface area contributed by atoms with Crippen molar-refractivity contribution in [2.75, 3.05) is 6.61 Å². The van der Waals surface area contributed by atoms with Gasteiger partial charge in [-0.05, 0) is 13.3 Å². The van der Waals surface area contributed by atoms with Gasteiger partial charge in [-0.2, -0.15) is 0 Å².